The third-order valence-corrected chi connectivity index (χ3v) is 5.57. The standard InChI is InChI=1S/C25H33NO3/c1-19(2)21-8-12-24(13-9-21)29-18-25(27)26-22-10-14-23(15-11-22)28-17-16-20-6-4-3-5-7-20/h8-15,19-20H,3-7,16-18H2,1-2H3,(H,26,27). The Bertz CT molecular complexity index is 747. The minimum atomic E-state index is -0.177. The summed E-state index contributed by atoms with van der Waals surface area (Å²) < 4.78 is 11.4. The third-order valence-electron chi connectivity index (χ3n) is 5.57. The smallest absolute Gasteiger partial charge is 0.262 e. The Morgan fingerprint density at radius 1 is 0.931 bits per heavy atom. The molecule has 1 saturated carbocycles. The highest BCUT2D eigenvalue weighted by Crippen LogP contribution is 2.26. The van der Waals surface area contributed by atoms with Crippen LogP contribution in [0, 0.1) is 5.92 Å². The highest BCUT2D eigenvalue weighted by molar-refractivity contribution is 5.91. The Hall–Kier alpha value is -2.49. The molecule has 0 bridgehead atoms. The van der Waals surface area contributed by atoms with Crippen molar-refractivity contribution in [1.82, 2.24) is 0 Å². The fraction of sp³-hybridized carbons (Fsp3) is 0.480. The number of benzene rings is 2. The van der Waals surface area contributed by atoms with Crippen LogP contribution in [0.3, 0.4) is 0 Å². The van der Waals surface area contributed by atoms with Crippen LogP contribution >= 0.6 is 0 Å². The summed E-state index contributed by atoms with van der Waals surface area (Å²) in [5.41, 5.74) is 2.00. The SMILES string of the molecule is CC(C)c1ccc(OCC(=O)Nc2ccc(OCCC3CCCCC3)cc2)cc1. The maximum absolute atomic E-state index is 12.1. The lowest BCUT2D eigenvalue weighted by molar-refractivity contribution is -0.118. The van der Waals surface area contributed by atoms with Gasteiger partial charge in [0.15, 0.2) is 6.61 Å². The number of amides is 1. The summed E-state index contributed by atoms with van der Waals surface area (Å²) in [6, 6.07) is 15.4. The molecule has 3 rings (SSSR count). The normalized spacial score (nSPS) is 14.6. The zero-order valence-corrected chi connectivity index (χ0v) is 17.7. The van der Waals surface area contributed by atoms with E-state index in [-0.39, 0.29) is 12.5 Å². The van der Waals surface area contributed by atoms with Crippen LogP contribution in [0.25, 0.3) is 0 Å². The zero-order valence-electron chi connectivity index (χ0n) is 17.7. The van der Waals surface area contributed by atoms with E-state index in [1.165, 1.54) is 37.7 Å². The molecule has 0 spiro atoms. The van der Waals surface area contributed by atoms with Gasteiger partial charge in [-0.05, 0) is 60.2 Å². The molecule has 29 heavy (non-hydrogen) atoms. The quantitative estimate of drug-likeness (QED) is 0.552. The minimum Gasteiger partial charge on any atom is -0.494 e. The van der Waals surface area contributed by atoms with Gasteiger partial charge in [-0.25, -0.2) is 0 Å². The van der Waals surface area contributed by atoms with Crippen LogP contribution in [0.2, 0.25) is 0 Å². The van der Waals surface area contributed by atoms with E-state index >= 15 is 0 Å². The topological polar surface area (TPSA) is 47.6 Å². The van der Waals surface area contributed by atoms with Crippen LogP contribution in [-0.4, -0.2) is 19.1 Å². The van der Waals surface area contributed by atoms with Gasteiger partial charge < -0.3 is 14.8 Å². The lowest BCUT2D eigenvalue weighted by atomic mass is 9.87. The Balaban J connectivity index is 1.37. The molecule has 0 aromatic heterocycles. The van der Waals surface area contributed by atoms with Crippen LogP contribution in [-0.2, 0) is 4.79 Å². The molecule has 0 saturated heterocycles. The Morgan fingerprint density at radius 3 is 2.21 bits per heavy atom. The highest BCUT2D eigenvalue weighted by Gasteiger charge is 2.13. The monoisotopic (exact) mass is 395 g/mol. The average molecular weight is 396 g/mol. The van der Waals surface area contributed by atoms with Crippen LogP contribution in [0.5, 0.6) is 11.5 Å². The lowest BCUT2D eigenvalue weighted by Gasteiger charge is -2.21. The van der Waals surface area contributed by atoms with Crippen LogP contribution < -0.4 is 14.8 Å². The molecule has 1 aliphatic carbocycles. The van der Waals surface area contributed by atoms with E-state index in [9.17, 15) is 4.79 Å². The molecule has 156 valence electrons. The number of anilines is 1. The number of nitrogens with one attached hydrogen (secondary N) is 1. The summed E-state index contributed by atoms with van der Waals surface area (Å²) in [6.45, 7) is 5.05. The molecule has 0 unspecified atom stereocenters. The van der Waals surface area contributed by atoms with Crippen molar-refractivity contribution in [2.75, 3.05) is 18.5 Å². The predicted octanol–water partition coefficient (Wildman–Crippen LogP) is 6.18. The summed E-state index contributed by atoms with van der Waals surface area (Å²) in [4.78, 5) is 12.1. The Morgan fingerprint density at radius 2 is 1.55 bits per heavy atom. The van der Waals surface area contributed by atoms with Gasteiger partial charge in [0.2, 0.25) is 0 Å². The van der Waals surface area contributed by atoms with Gasteiger partial charge >= 0.3 is 0 Å². The number of carbonyl (C=O) groups excluding carboxylic acids is 1. The largest absolute Gasteiger partial charge is 0.494 e. The average Bonchev–Trinajstić information content (AvgIpc) is 2.74. The second-order valence-electron chi connectivity index (χ2n) is 8.23. The van der Waals surface area contributed by atoms with Gasteiger partial charge in [-0.1, -0.05) is 58.1 Å². The van der Waals surface area contributed by atoms with Crippen LogP contribution in [0.15, 0.2) is 48.5 Å². The van der Waals surface area contributed by atoms with Gasteiger partial charge in [-0.15, -0.1) is 0 Å². The third kappa shape index (κ3) is 7.12. The first-order valence-corrected chi connectivity index (χ1v) is 10.9. The zero-order chi connectivity index (χ0) is 20.5. The van der Waals surface area contributed by atoms with E-state index in [0.717, 1.165) is 30.4 Å². The van der Waals surface area contributed by atoms with Crippen molar-refractivity contribution in [2.45, 2.75) is 58.3 Å². The van der Waals surface area contributed by atoms with Crippen molar-refractivity contribution >= 4 is 11.6 Å². The Labute approximate surface area is 174 Å². The van der Waals surface area contributed by atoms with Gasteiger partial charge in [0.05, 0.1) is 6.61 Å². The van der Waals surface area contributed by atoms with Gasteiger partial charge in [-0.2, -0.15) is 0 Å². The predicted molar refractivity (Wildman–Crippen MR) is 118 cm³/mol. The second kappa shape index (κ2) is 10.9. The molecule has 0 aliphatic heterocycles. The number of hydrogen-bond acceptors (Lipinski definition) is 3. The summed E-state index contributed by atoms with van der Waals surface area (Å²) in [6.07, 6.45) is 7.95. The van der Waals surface area contributed by atoms with Gasteiger partial charge in [-0.3, -0.25) is 4.79 Å². The molecular weight excluding hydrogens is 362 g/mol. The summed E-state index contributed by atoms with van der Waals surface area (Å²) >= 11 is 0. The molecule has 0 atom stereocenters. The van der Waals surface area contributed by atoms with E-state index in [1.807, 2.05) is 48.5 Å². The summed E-state index contributed by atoms with van der Waals surface area (Å²) in [5, 5.41) is 2.86. The molecule has 0 heterocycles. The minimum absolute atomic E-state index is 0.0132. The van der Waals surface area contributed by atoms with Gasteiger partial charge in [0.1, 0.15) is 11.5 Å². The molecule has 0 radical (unpaired) electrons. The molecule has 1 N–H and O–H groups in total. The maximum atomic E-state index is 12.1. The molecule has 4 heteroatoms. The molecular formula is C25H33NO3. The molecule has 1 aliphatic rings. The Kier molecular flexibility index (Phi) is 7.97. The fourth-order valence-electron chi connectivity index (χ4n) is 3.75. The molecule has 2 aromatic rings. The van der Waals surface area contributed by atoms with E-state index in [4.69, 9.17) is 9.47 Å². The van der Waals surface area contributed by atoms with E-state index < -0.39 is 0 Å². The molecule has 4 nitrogen and oxygen atoms in total. The van der Waals surface area contributed by atoms with Crippen molar-refractivity contribution in [1.29, 1.82) is 0 Å². The fourth-order valence-corrected chi connectivity index (χ4v) is 3.75. The number of hydrogen-bond donors (Lipinski definition) is 1. The van der Waals surface area contributed by atoms with Gasteiger partial charge in [0.25, 0.3) is 5.91 Å². The maximum Gasteiger partial charge on any atom is 0.262 e. The first-order valence-electron chi connectivity index (χ1n) is 10.9. The van der Waals surface area contributed by atoms with E-state index in [1.54, 1.807) is 0 Å². The first-order chi connectivity index (χ1) is 14.1. The van der Waals surface area contributed by atoms with Gasteiger partial charge in [0, 0.05) is 5.69 Å². The second-order valence-corrected chi connectivity index (χ2v) is 8.23. The van der Waals surface area contributed by atoms with Crippen molar-refractivity contribution < 1.29 is 14.3 Å². The van der Waals surface area contributed by atoms with E-state index in [0.29, 0.717) is 11.7 Å². The molecule has 1 fully saturated rings. The van der Waals surface area contributed by atoms with Crippen LogP contribution in [0.1, 0.15) is 63.9 Å². The number of ether oxygens (including phenoxy) is 2. The summed E-state index contributed by atoms with van der Waals surface area (Å²) in [7, 11) is 0. The molecule has 2 aromatic carbocycles. The lowest BCUT2D eigenvalue weighted by Crippen LogP contribution is -2.20. The number of carbonyl (C=O) groups is 1. The van der Waals surface area contributed by atoms with E-state index in [2.05, 4.69) is 19.2 Å². The van der Waals surface area contributed by atoms with Crippen molar-refractivity contribution in [2.24, 2.45) is 5.92 Å². The van der Waals surface area contributed by atoms with Crippen molar-refractivity contribution in [3.05, 3.63) is 54.1 Å². The number of rotatable bonds is 9. The summed E-state index contributed by atoms with van der Waals surface area (Å²) in [5.74, 6) is 2.67. The van der Waals surface area contributed by atoms with Crippen LogP contribution in [0.4, 0.5) is 5.69 Å². The molecule has 1 amide bonds. The first kappa shape index (κ1) is 21.2. The highest BCUT2D eigenvalue weighted by atomic mass is 16.5. The van der Waals surface area contributed by atoms with Crippen molar-refractivity contribution in [3.63, 3.8) is 0 Å². The van der Waals surface area contributed by atoms with Crippen molar-refractivity contribution in [3.8, 4) is 11.5 Å².